The molecule has 0 spiro atoms. The molecule has 0 aliphatic rings. The fourth-order valence-electron chi connectivity index (χ4n) is 3.70. The second-order valence-corrected chi connectivity index (χ2v) is 7.59. The van der Waals surface area contributed by atoms with Crippen LogP contribution in [-0.2, 0) is 16.1 Å². The summed E-state index contributed by atoms with van der Waals surface area (Å²) in [6.45, 7) is 1.77. The van der Waals surface area contributed by atoms with Gasteiger partial charge >= 0.3 is 11.7 Å². The average molecular weight is 448 g/mol. The lowest BCUT2D eigenvalue weighted by Crippen LogP contribution is -2.27. The van der Waals surface area contributed by atoms with Gasteiger partial charge in [-0.3, -0.25) is 13.9 Å². The van der Waals surface area contributed by atoms with E-state index in [0.29, 0.717) is 27.7 Å². The van der Waals surface area contributed by atoms with E-state index in [1.807, 2.05) is 36.4 Å². The van der Waals surface area contributed by atoms with Crippen molar-refractivity contribution >= 4 is 39.8 Å². The van der Waals surface area contributed by atoms with Crippen molar-refractivity contribution in [3.05, 3.63) is 76.3 Å². The van der Waals surface area contributed by atoms with E-state index in [2.05, 4.69) is 15.0 Å². The number of nitrogens with zero attached hydrogens (tertiary/aromatic N) is 4. The van der Waals surface area contributed by atoms with Gasteiger partial charge in [-0.1, -0.05) is 11.6 Å². The number of aromatic amines is 1. The van der Waals surface area contributed by atoms with Crippen molar-refractivity contribution in [2.24, 2.45) is 0 Å². The lowest BCUT2D eigenvalue weighted by Gasteiger charge is -2.04. The molecule has 3 heterocycles. The van der Waals surface area contributed by atoms with Crippen LogP contribution in [0.4, 0.5) is 0 Å². The lowest BCUT2D eigenvalue weighted by atomic mass is 10.2. The molecular formula is C23H18ClN5O3. The van der Waals surface area contributed by atoms with Gasteiger partial charge in [-0.25, -0.2) is 14.8 Å². The summed E-state index contributed by atoms with van der Waals surface area (Å²) in [7, 11) is 0. The van der Waals surface area contributed by atoms with Gasteiger partial charge in [0, 0.05) is 16.8 Å². The Kier molecular flexibility index (Phi) is 4.99. The fraction of sp³-hybridized carbons (Fsp3) is 0.130. The molecule has 32 heavy (non-hydrogen) atoms. The summed E-state index contributed by atoms with van der Waals surface area (Å²) >= 11 is 6.06. The molecule has 0 amide bonds. The molecular weight excluding hydrogens is 430 g/mol. The first-order valence-electron chi connectivity index (χ1n) is 10.0. The Morgan fingerprint density at radius 2 is 1.97 bits per heavy atom. The first kappa shape index (κ1) is 20.0. The number of fused-ring (bicyclic) bond motifs is 2. The van der Waals surface area contributed by atoms with Crippen LogP contribution in [0.25, 0.3) is 39.3 Å². The number of pyridine rings is 1. The van der Waals surface area contributed by atoms with E-state index in [4.69, 9.17) is 16.3 Å². The summed E-state index contributed by atoms with van der Waals surface area (Å²) in [6, 6.07) is 16.4. The molecule has 0 radical (unpaired) electrons. The third kappa shape index (κ3) is 3.44. The van der Waals surface area contributed by atoms with Crippen LogP contribution in [0.3, 0.4) is 0 Å². The number of rotatable bonds is 5. The first-order chi connectivity index (χ1) is 15.5. The first-order valence-corrected chi connectivity index (χ1v) is 10.4. The maximum atomic E-state index is 13.2. The predicted molar refractivity (Wildman–Crippen MR) is 122 cm³/mol. The molecule has 0 unspecified atom stereocenters. The van der Waals surface area contributed by atoms with E-state index >= 15 is 0 Å². The number of halogens is 1. The van der Waals surface area contributed by atoms with Crippen LogP contribution in [-0.4, -0.2) is 36.7 Å². The van der Waals surface area contributed by atoms with Crippen molar-refractivity contribution in [1.29, 1.82) is 0 Å². The number of aromatic nitrogens is 5. The van der Waals surface area contributed by atoms with Crippen LogP contribution in [0.2, 0.25) is 5.02 Å². The summed E-state index contributed by atoms with van der Waals surface area (Å²) in [5, 5.41) is 0.634. The van der Waals surface area contributed by atoms with Gasteiger partial charge in [0.05, 0.1) is 28.8 Å². The lowest BCUT2D eigenvalue weighted by molar-refractivity contribution is -0.143. The number of imidazole rings is 2. The van der Waals surface area contributed by atoms with Crippen molar-refractivity contribution in [2.45, 2.75) is 13.5 Å². The second kappa shape index (κ2) is 7.97. The quantitative estimate of drug-likeness (QED) is 0.412. The van der Waals surface area contributed by atoms with Crippen LogP contribution in [0.1, 0.15) is 6.92 Å². The van der Waals surface area contributed by atoms with Crippen molar-refractivity contribution in [3.8, 4) is 17.1 Å². The van der Waals surface area contributed by atoms with Crippen molar-refractivity contribution in [1.82, 2.24) is 24.1 Å². The smallest absolute Gasteiger partial charge is 0.335 e. The average Bonchev–Trinajstić information content (AvgIpc) is 3.33. The molecule has 0 atom stereocenters. The molecule has 0 saturated carbocycles. The SMILES string of the molecule is CCOC(=O)Cn1c(=O)n(-c2ccc(-c3nc4ccc(Cl)cc4[nH]3)cc2)c2cccnc21. The number of benzene rings is 2. The van der Waals surface area contributed by atoms with Crippen LogP contribution >= 0.6 is 11.6 Å². The van der Waals surface area contributed by atoms with Crippen molar-refractivity contribution in [2.75, 3.05) is 6.61 Å². The zero-order valence-corrected chi connectivity index (χ0v) is 17.8. The van der Waals surface area contributed by atoms with Crippen molar-refractivity contribution in [3.63, 3.8) is 0 Å². The van der Waals surface area contributed by atoms with E-state index in [0.717, 1.165) is 16.6 Å². The maximum Gasteiger partial charge on any atom is 0.335 e. The highest BCUT2D eigenvalue weighted by Gasteiger charge is 2.18. The van der Waals surface area contributed by atoms with Crippen LogP contribution < -0.4 is 5.69 Å². The van der Waals surface area contributed by atoms with E-state index in [1.165, 1.54) is 9.13 Å². The molecule has 0 fully saturated rings. The summed E-state index contributed by atoms with van der Waals surface area (Å²) in [5.41, 5.74) is 3.84. The molecule has 5 aromatic rings. The van der Waals surface area contributed by atoms with Crippen LogP contribution in [0, 0.1) is 0 Å². The predicted octanol–water partition coefficient (Wildman–Crippen LogP) is 3.95. The highest BCUT2D eigenvalue weighted by Crippen LogP contribution is 2.24. The number of nitrogens with one attached hydrogen (secondary N) is 1. The molecule has 2 aromatic carbocycles. The number of H-pyrrole nitrogens is 1. The topological polar surface area (TPSA) is 94.8 Å². The highest BCUT2D eigenvalue weighted by atomic mass is 35.5. The summed E-state index contributed by atoms with van der Waals surface area (Å²) < 4.78 is 7.86. The molecule has 160 valence electrons. The molecule has 5 rings (SSSR count). The van der Waals surface area contributed by atoms with Gasteiger partial charge in [-0.2, -0.15) is 0 Å². The monoisotopic (exact) mass is 447 g/mol. The number of carbonyl (C=O) groups excluding carboxylic acids is 1. The van der Waals surface area contributed by atoms with Gasteiger partial charge in [0.1, 0.15) is 12.4 Å². The Balaban J connectivity index is 1.56. The zero-order valence-electron chi connectivity index (χ0n) is 17.1. The molecule has 1 N–H and O–H groups in total. The second-order valence-electron chi connectivity index (χ2n) is 7.15. The fourth-order valence-corrected chi connectivity index (χ4v) is 3.87. The largest absolute Gasteiger partial charge is 0.465 e. The molecule has 0 saturated heterocycles. The van der Waals surface area contributed by atoms with Gasteiger partial charge in [-0.15, -0.1) is 0 Å². The van der Waals surface area contributed by atoms with Gasteiger partial charge in [-0.05, 0) is 61.5 Å². The normalized spacial score (nSPS) is 11.3. The minimum absolute atomic E-state index is 0.202. The molecule has 0 aliphatic heterocycles. The number of ether oxygens (including phenoxy) is 1. The standard InChI is InChI=1S/C23H18ClN5O3/c1-2-32-20(30)13-28-22-19(4-3-11-25-22)29(23(28)31)16-8-5-14(6-9-16)21-26-17-10-7-15(24)12-18(17)27-21/h3-12H,2,13H2,1H3,(H,26,27). The Hall–Kier alpha value is -3.91. The zero-order chi connectivity index (χ0) is 22.2. The molecule has 8 nitrogen and oxygen atoms in total. The number of hydrogen-bond donors (Lipinski definition) is 1. The Morgan fingerprint density at radius 3 is 2.75 bits per heavy atom. The van der Waals surface area contributed by atoms with Gasteiger partial charge in [0.2, 0.25) is 0 Å². The molecule has 0 bridgehead atoms. The number of esters is 1. The third-order valence-corrected chi connectivity index (χ3v) is 5.36. The van der Waals surface area contributed by atoms with E-state index < -0.39 is 5.97 Å². The summed E-state index contributed by atoms with van der Waals surface area (Å²) in [5.74, 6) is 0.215. The minimum atomic E-state index is -0.486. The number of carbonyl (C=O) groups is 1. The Bertz CT molecular complexity index is 1510. The van der Waals surface area contributed by atoms with Crippen molar-refractivity contribution < 1.29 is 9.53 Å². The van der Waals surface area contributed by atoms with E-state index in [1.54, 1.807) is 31.3 Å². The number of hydrogen-bond acceptors (Lipinski definition) is 5. The van der Waals surface area contributed by atoms with Gasteiger partial charge in [0.15, 0.2) is 5.65 Å². The van der Waals surface area contributed by atoms with Gasteiger partial charge in [0.25, 0.3) is 0 Å². The Morgan fingerprint density at radius 1 is 1.16 bits per heavy atom. The summed E-state index contributed by atoms with van der Waals surface area (Å²) in [6.07, 6.45) is 1.59. The highest BCUT2D eigenvalue weighted by molar-refractivity contribution is 6.31. The van der Waals surface area contributed by atoms with E-state index in [9.17, 15) is 9.59 Å². The maximum absolute atomic E-state index is 13.2. The van der Waals surface area contributed by atoms with Crippen LogP contribution in [0.5, 0.6) is 0 Å². The molecule has 9 heteroatoms. The molecule has 0 aliphatic carbocycles. The summed E-state index contributed by atoms with van der Waals surface area (Å²) in [4.78, 5) is 37.4. The van der Waals surface area contributed by atoms with Crippen LogP contribution in [0.15, 0.2) is 65.6 Å². The van der Waals surface area contributed by atoms with E-state index in [-0.39, 0.29) is 18.8 Å². The minimum Gasteiger partial charge on any atom is -0.465 e. The third-order valence-electron chi connectivity index (χ3n) is 5.12. The van der Waals surface area contributed by atoms with Gasteiger partial charge < -0.3 is 9.72 Å². The Labute approximate surface area is 187 Å². The molecule has 3 aromatic heterocycles.